The maximum Gasteiger partial charge on any atom is 0.151 e. The van der Waals surface area contributed by atoms with E-state index in [1.165, 1.54) is 5.56 Å². The normalized spacial score (nSPS) is 10.2. The zero-order valence-electron chi connectivity index (χ0n) is 9.60. The van der Waals surface area contributed by atoms with E-state index in [1.807, 2.05) is 30.1 Å². The Morgan fingerprint density at radius 2 is 2.00 bits per heavy atom. The highest BCUT2D eigenvalue weighted by Crippen LogP contribution is 2.23. The third kappa shape index (κ3) is 2.88. The summed E-state index contributed by atoms with van der Waals surface area (Å²) in [6, 6.07) is 11.9. The second-order valence-corrected chi connectivity index (χ2v) is 4.34. The highest BCUT2D eigenvalue weighted by molar-refractivity contribution is 6.30. The van der Waals surface area contributed by atoms with Gasteiger partial charge in [-0.3, -0.25) is 0 Å². The molecule has 0 bridgehead atoms. The van der Waals surface area contributed by atoms with Crippen LogP contribution in [0, 0.1) is 0 Å². The van der Waals surface area contributed by atoms with Crippen LogP contribution in [0.15, 0.2) is 42.6 Å². The number of hydrogen-bond donors (Lipinski definition) is 1. The molecule has 2 rings (SSSR count). The summed E-state index contributed by atoms with van der Waals surface area (Å²) < 4.78 is 0. The number of halogens is 1. The molecule has 0 saturated carbocycles. The first kappa shape index (κ1) is 11.7. The molecule has 2 N–H and O–H groups in total. The van der Waals surface area contributed by atoms with E-state index in [0.29, 0.717) is 10.7 Å². The summed E-state index contributed by atoms with van der Waals surface area (Å²) >= 11 is 5.82. The zero-order chi connectivity index (χ0) is 12.3. The minimum atomic E-state index is 0.555. The molecule has 1 heterocycles. The molecule has 88 valence electrons. The van der Waals surface area contributed by atoms with Crippen LogP contribution in [0.2, 0.25) is 5.02 Å². The third-order valence-corrected chi connectivity index (χ3v) is 2.69. The van der Waals surface area contributed by atoms with E-state index < -0.39 is 0 Å². The number of rotatable bonds is 3. The van der Waals surface area contributed by atoms with Crippen LogP contribution >= 0.6 is 11.6 Å². The predicted octanol–water partition coefficient (Wildman–Crippen LogP) is 2.95. The number of nitrogens with zero attached hydrogens (tertiary/aromatic N) is 2. The van der Waals surface area contributed by atoms with Crippen molar-refractivity contribution < 1.29 is 0 Å². The van der Waals surface area contributed by atoms with Crippen molar-refractivity contribution in [2.75, 3.05) is 17.7 Å². The Labute approximate surface area is 106 Å². The summed E-state index contributed by atoms with van der Waals surface area (Å²) in [4.78, 5) is 6.24. The molecule has 17 heavy (non-hydrogen) atoms. The van der Waals surface area contributed by atoms with Gasteiger partial charge in [-0.2, -0.15) is 0 Å². The van der Waals surface area contributed by atoms with Gasteiger partial charge in [0.1, 0.15) is 0 Å². The van der Waals surface area contributed by atoms with E-state index in [0.717, 1.165) is 12.4 Å². The van der Waals surface area contributed by atoms with Crippen molar-refractivity contribution in [2.24, 2.45) is 0 Å². The summed E-state index contributed by atoms with van der Waals surface area (Å²) in [6.07, 6.45) is 1.61. The van der Waals surface area contributed by atoms with Gasteiger partial charge < -0.3 is 10.6 Å². The van der Waals surface area contributed by atoms with Gasteiger partial charge in [0.25, 0.3) is 0 Å². The lowest BCUT2D eigenvalue weighted by Gasteiger charge is -2.19. The lowest BCUT2D eigenvalue weighted by atomic mass is 10.2. The molecule has 1 aromatic carbocycles. The summed E-state index contributed by atoms with van der Waals surface area (Å²) in [5, 5.41) is 0.555. The molecule has 0 radical (unpaired) electrons. The molecule has 0 aliphatic heterocycles. The molecule has 0 aliphatic rings. The van der Waals surface area contributed by atoms with Crippen LogP contribution in [0.1, 0.15) is 5.56 Å². The van der Waals surface area contributed by atoms with Crippen molar-refractivity contribution >= 4 is 23.1 Å². The van der Waals surface area contributed by atoms with Crippen molar-refractivity contribution in [1.29, 1.82) is 0 Å². The Kier molecular flexibility index (Phi) is 3.49. The smallest absolute Gasteiger partial charge is 0.151 e. The molecule has 0 amide bonds. The van der Waals surface area contributed by atoms with E-state index in [1.54, 1.807) is 12.3 Å². The van der Waals surface area contributed by atoms with Gasteiger partial charge in [0.05, 0.1) is 10.7 Å². The largest absolute Gasteiger partial charge is 0.396 e. The number of nitrogen functional groups attached to an aromatic ring is 1. The molecule has 1 aromatic heterocycles. The van der Waals surface area contributed by atoms with Crippen LogP contribution in [0.25, 0.3) is 0 Å². The van der Waals surface area contributed by atoms with Crippen LogP contribution in [0.5, 0.6) is 0 Å². The Morgan fingerprint density at radius 3 is 2.65 bits per heavy atom. The topological polar surface area (TPSA) is 42.2 Å². The van der Waals surface area contributed by atoms with E-state index in [-0.39, 0.29) is 0 Å². The van der Waals surface area contributed by atoms with Crippen LogP contribution in [-0.2, 0) is 6.54 Å². The summed E-state index contributed by atoms with van der Waals surface area (Å²) in [6.45, 7) is 0.764. The molecule has 3 nitrogen and oxygen atoms in total. The fraction of sp³-hybridized carbons (Fsp3) is 0.154. The van der Waals surface area contributed by atoms with E-state index in [2.05, 4.69) is 17.1 Å². The molecule has 0 unspecified atom stereocenters. The second-order valence-electron chi connectivity index (χ2n) is 3.91. The maximum absolute atomic E-state index is 5.89. The van der Waals surface area contributed by atoms with Crippen LogP contribution in [0.3, 0.4) is 0 Å². The first-order valence-electron chi connectivity index (χ1n) is 5.33. The summed E-state index contributed by atoms with van der Waals surface area (Å²) in [5.74, 6) is 0.748. The molecule has 0 atom stereocenters. The van der Waals surface area contributed by atoms with E-state index >= 15 is 0 Å². The third-order valence-electron chi connectivity index (χ3n) is 2.49. The Balaban J connectivity index is 2.17. The molecule has 4 heteroatoms. The average molecular weight is 248 g/mol. The molecule has 2 aromatic rings. The maximum atomic E-state index is 5.89. The number of benzene rings is 1. The lowest BCUT2D eigenvalue weighted by Crippen LogP contribution is -2.19. The minimum Gasteiger partial charge on any atom is -0.396 e. The molecular formula is C13H14ClN3. The lowest BCUT2D eigenvalue weighted by molar-refractivity contribution is 0.900. The van der Waals surface area contributed by atoms with Gasteiger partial charge in [-0.1, -0.05) is 41.9 Å². The van der Waals surface area contributed by atoms with Crippen molar-refractivity contribution in [3.8, 4) is 0 Å². The second kappa shape index (κ2) is 5.06. The zero-order valence-corrected chi connectivity index (χ0v) is 10.4. The van der Waals surface area contributed by atoms with Gasteiger partial charge in [0.2, 0.25) is 0 Å². The summed E-state index contributed by atoms with van der Waals surface area (Å²) in [7, 11) is 1.96. The quantitative estimate of drug-likeness (QED) is 0.907. The Morgan fingerprint density at radius 1 is 1.29 bits per heavy atom. The van der Waals surface area contributed by atoms with Gasteiger partial charge in [-0.15, -0.1) is 0 Å². The van der Waals surface area contributed by atoms with Gasteiger partial charge in [0.15, 0.2) is 5.82 Å². The number of nitrogens with two attached hydrogens (primary N) is 1. The van der Waals surface area contributed by atoms with Crippen LogP contribution in [0.4, 0.5) is 11.5 Å². The Hall–Kier alpha value is -1.74. The van der Waals surface area contributed by atoms with E-state index in [4.69, 9.17) is 17.3 Å². The van der Waals surface area contributed by atoms with Crippen LogP contribution in [-0.4, -0.2) is 12.0 Å². The van der Waals surface area contributed by atoms with E-state index in [9.17, 15) is 0 Å². The SMILES string of the molecule is CN(Cc1ccccc1)c1ncc(Cl)cc1N. The van der Waals surface area contributed by atoms with Gasteiger partial charge in [-0.05, 0) is 11.6 Å². The van der Waals surface area contributed by atoms with Gasteiger partial charge >= 0.3 is 0 Å². The first-order valence-corrected chi connectivity index (χ1v) is 5.70. The average Bonchev–Trinajstić information content (AvgIpc) is 2.30. The van der Waals surface area contributed by atoms with Crippen molar-refractivity contribution in [2.45, 2.75) is 6.54 Å². The van der Waals surface area contributed by atoms with Gasteiger partial charge in [-0.25, -0.2) is 4.98 Å². The van der Waals surface area contributed by atoms with Crippen molar-refractivity contribution in [3.05, 3.63) is 53.2 Å². The number of hydrogen-bond acceptors (Lipinski definition) is 3. The van der Waals surface area contributed by atoms with Crippen LogP contribution < -0.4 is 10.6 Å². The molecule has 0 saturated heterocycles. The number of aromatic nitrogens is 1. The molecule has 0 spiro atoms. The molecule has 0 aliphatic carbocycles. The fourth-order valence-corrected chi connectivity index (χ4v) is 1.87. The molecule has 0 fully saturated rings. The fourth-order valence-electron chi connectivity index (χ4n) is 1.70. The standard InChI is InChI=1S/C13H14ClN3/c1-17(9-10-5-3-2-4-6-10)13-12(15)7-11(14)8-16-13/h2-8H,9,15H2,1H3. The summed E-state index contributed by atoms with van der Waals surface area (Å²) in [5.41, 5.74) is 7.69. The highest BCUT2D eigenvalue weighted by atomic mass is 35.5. The monoisotopic (exact) mass is 247 g/mol. The predicted molar refractivity (Wildman–Crippen MR) is 72.2 cm³/mol. The molecular weight excluding hydrogens is 234 g/mol. The van der Waals surface area contributed by atoms with Crippen molar-refractivity contribution in [3.63, 3.8) is 0 Å². The van der Waals surface area contributed by atoms with Crippen molar-refractivity contribution in [1.82, 2.24) is 4.98 Å². The minimum absolute atomic E-state index is 0.555. The van der Waals surface area contributed by atoms with Gasteiger partial charge in [0, 0.05) is 19.8 Å². The number of anilines is 2. The highest BCUT2D eigenvalue weighted by Gasteiger charge is 2.07. The number of pyridine rings is 1. The Bertz CT molecular complexity index is 499. The first-order chi connectivity index (χ1) is 8.16.